The Kier molecular flexibility index (Phi) is 7.24. The summed E-state index contributed by atoms with van der Waals surface area (Å²) in [5, 5.41) is 2.55. The van der Waals surface area contributed by atoms with Gasteiger partial charge in [-0.1, -0.05) is 141 Å². The largest absolute Gasteiger partial charge is 0.309 e. The van der Waals surface area contributed by atoms with E-state index in [9.17, 15) is 0 Å². The van der Waals surface area contributed by atoms with E-state index in [0.29, 0.717) is 5.92 Å². The highest BCUT2D eigenvalue weighted by Gasteiger charge is 2.18. The van der Waals surface area contributed by atoms with E-state index < -0.39 is 0 Å². The normalized spacial score (nSPS) is 14.3. The third-order valence-corrected chi connectivity index (χ3v) is 8.94. The quantitative estimate of drug-likeness (QED) is 0.189. The number of aromatic nitrogens is 1. The fourth-order valence-electron chi connectivity index (χ4n) is 6.54. The fraction of sp³-hybridized carbons (Fsp3) is 0.116. The molecule has 0 atom stereocenters. The van der Waals surface area contributed by atoms with Gasteiger partial charge in [-0.3, -0.25) is 0 Å². The summed E-state index contributed by atoms with van der Waals surface area (Å²) >= 11 is 0. The number of rotatable bonds is 6. The lowest BCUT2D eigenvalue weighted by molar-refractivity contribution is 0.783. The summed E-state index contributed by atoms with van der Waals surface area (Å²) in [5.41, 5.74) is 14.6. The molecule has 0 amide bonds. The Morgan fingerprint density at radius 3 is 1.80 bits per heavy atom. The van der Waals surface area contributed by atoms with Crippen molar-refractivity contribution in [3.8, 4) is 5.69 Å². The second kappa shape index (κ2) is 11.5. The molecular weight excluding hydrogens is 530 g/mol. The highest BCUT2D eigenvalue weighted by Crippen LogP contribution is 2.38. The van der Waals surface area contributed by atoms with Gasteiger partial charge >= 0.3 is 0 Å². The fourth-order valence-corrected chi connectivity index (χ4v) is 6.54. The molecule has 1 heteroatoms. The topological polar surface area (TPSA) is 4.93 Å². The minimum atomic E-state index is 0.521. The summed E-state index contributed by atoms with van der Waals surface area (Å²) in [4.78, 5) is 0. The minimum Gasteiger partial charge on any atom is -0.309 e. The van der Waals surface area contributed by atoms with Crippen LogP contribution in [0, 0.1) is 12.8 Å². The number of hydrogen-bond donors (Lipinski definition) is 0. The predicted molar refractivity (Wildman–Crippen MR) is 189 cm³/mol. The molecular formula is C43H37N. The highest BCUT2D eigenvalue weighted by molar-refractivity contribution is 6.09. The van der Waals surface area contributed by atoms with Crippen molar-refractivity contribution in [3.05, 3.63) is 185 Å². The molecule has 0 unspecified atom stereocenters. The molecule has 1 aliphatic carbocycles. The first kappa shape index (κ1) is 27.7. The van der Waals surface area contributed by atoms with Gasteiger partial charge in [-0.25, -0.2) is 0 Å². The van der Waals surface area contributed by atoms with Crippen LogP contribution in [0.4, 0.5) is 0 Å². The molecule has 0 saturated carbocycles. The van der Waals surface area contributed by atoms with Crippen molar-refractivity contribution in [2.75, 3.05) is 0 Å². The monoisotopic (exact) mass is 567 g/mol. The van der Waals surface area contributed by atoms with Gasteiger partial charge in [0.25, 0.3) is 0 Å². The van der Waals surface area contributed by atoms with Crippen molar-refractivity contribution in [2.24, 2.45) is 5.92 Å². The molecule has 44 heavy (non-hydrogen) atoms. The van der Waals surface area contributed by atoms with Gasteiger partial charge in [0, 0.05) is 16.5 Å². The summed E-state index contributed by atoms with van der Waals surface area (Å²) in [6.45, 7) is 11.3. The summed E-state index contributed by atoms with van der Waals surface area (Å²) in [6.07, 6.45) is 7.92. The standard InChI is InChI=1S/C43H37N/c1-29(2)32-21-23-35(24-22-32)43(34-19-17-30(3)18-20-34)40-14-6-5-11-37(40)31(4)33-25-27-36(28-26-33)44-41-15-9-7-12-38(41)39-13-8-10-16-42(39)44/h5-23,25-29H,4,24H2,1-3H3/b43-35-. The van der Waals surface area contributed by atoms with Gasteiger partial charge in [-0.2, -0.15) is 0 Å². The molecule has 0 aliphatic heterocycles. The molecule has 6 aromatic rings. The molecule has 0 saturated heterocycles. The van der Waals surface area contributed by atoms with E-state index in [2.05, 4.69) is 171 Å². The zero-order valence-corrected chi connectivity index (χ0v) is 25.7. The maximum absolute atomic E-state index is 4.66. The van der Waals surface area contributed by atoms with Gasteiger partial charge in [0.2, 0.25) is 0 Å². The second-order valence-corrected chi connectivity index (χ2v) is 12.1. The van der Waals surface area contributed by atoms with Crippen LogP contribution < -0.4 is 0 Å². The number of benzene rings is 5. The minimum absolute atomic E-state index is 0.521. The summed E-state index contributed by atoms with van der Waals surface area (Å²) in [7, 11) is 0. The molecule has 0 fully saturated rings. The number of allylic oxidation sites excluding steroid dienone is 5. The molecule has 1 heterocycles. The first-order valence-electron chi connectivity index (χ1n) is 15.6. The summed E-state index contributed by atoms with van der Waals surface area (Å²) in [6, 6.07) is 43.9. The maximum Gasteiger partial charge on any atom is 0.0541 e. The van der Waals surface area contributed by atoms with E-state index in [1.165, 1.54) is 55.2 Å². The lowest BCUT2D eigenvalue weighted by Gasteiger charge is -2.21. The van der Waals surface area contributed by atoms with Crippen molar-refractivity contribution in [2.45, 2.75) is 27.2 Å². The van der Waals surface area contributed by atoms with Crippen LogP contribution in [0.2, 0.25) is 0 Å². The zero-order chi connectivity index (χ0) is 30.2. The summed E-state index contributed by atoms with van der Waals surface area (Å²) < 4.78 is 2.36. The molecule has 214 valence electrons. The van der Waals surface area contributed by atoms with Crippen LogP contribution in [-0.4, -0.2) is 4.57 Å². The Morgan fingerprint density at radius 1 is 0.636 bits per heavy atom. The molecule has 0 spiro atoms. The van der Waals surface area contributed by atoms with Gasteiger partial charge in [-0.05, 0) is 88.1 Å². The molecule has 1 nitrogen and oxygen atoms in total. The van der Waals surface area contributed by atoms with Gasteiger partial charge in [0.1, 0.15) is 0 Å². The Bertz CT molecular complexity index is 2060. The van der Waals surface area contributed by atoms with E-state index in [1.807, 2.05) is 0 Å². The number of nitrogens with zero attached hydrogens (tertiary/aromatic N) is 1. The highest BCUT2D eigenvalue weighted by atomic mass is 15.0. The molecule has 1 aliphatic rings. The lowest BCUT2D eigenvalue weighted by Crippen LogP contribution is -2.02. The number of fused-ring (bicyclic) bond motifs is 3. The van der Waals surface area contributed by atoms with E-state index >= 15 is 0 Å². The molecule has 0 bridgehead atoms. The zero-order valence-electron chi connectivity index (χ0n) is 25.7. The Labute approximate surface area is 260 Å². The number of aryl methyl sites for hydroxylation is 1. The van der Waals surface area contributed by atoms with Crippen molar-refractivity contribution >= 4 is 33.0 Å². The molecule has 1 aromatic heterocycles. The number of para-hydroxylation sites is 2. The average molecular weight is 568 g/mol. The molecule has 0 N–H and O–H groups in total. The predicted octanol–water partition coefficient (Wildman–Crippen LogP) is 11.5. The van der Waals surface area contributed by atoms with E-state index in [0.717, 1.165) is 28.8 Å². The van der Waals surface area contributed by atoms with Crippen LogP contribution in [0.15, 0.2) is 157 Å². The number of hydrogen-bond acceptors (Lipinski definition) is 0. The molecule has 7 rings (SSSR count). The van der Waals surface area contributed by atoms with Crippen LogP contribution in [0.5, 0.6) is 0 Å². The third kappa shape index (κ3) is 4.95. The van der Waals surface area contributed by atoms with Crippen LogP contribution >= 0.6 is 0 Å². The average Bonchev–Trinajstić information content (AvgIpc) is 3.40. The van der Waals surface area contributed by atoms with Crippen LogP contribution in [0.1, 0.15) is 48.1 Å². The van der Waals surface area contributed by atoms with Crippen molar-refractivity contribution in [1.82, 2.24) is 4.57 Å². The first-order valence-corrected chi connectivity index (χ1v) is 15.6. The van der Waals surface area contributed by atoms with E-state index in [1.54, 1.807) is 0 Å². The second-order valence-electron chi connectivity index (χ2n) is 12.1. The van der Waals surface area contributed by atoms with Crippen molar-refractivity contribution in [3.63, 3.8) is 0 Å². The molecule has 5 aromatic carbocycles. The third-order valence-electron chi connectivity index (χ3n) is 8.94. The Morgan fingerprint density at radius 2 is 1.20 bits per heavy atom. The van der Waals surface area contributed by atoms with Crippen LogP contribution in [-0.2, 0) is 0 Å². The van der Waals surface area contributed by atoms with Crippen LogP contribution in [0.25, 0.3) is 38.6 Å². The SMILES string of the molecule is C=C(c1ccc(-n2c3ccccc3c3ccccc32)cc1)c1ccccc1/C(=C1/C=CC(C(C)C)=CC1)c1ccc(C)cc1. The van der Waals surface area contributed by atoms with E-state index in [4.69, 9.17) is 0 Å². The van der Waals surface area contributed by atoms with Crippen LogP contribution in [0.3, 0.4) is 0 Å². The first-order chi connectivity index (χ1) is 21.5. The van der Waals surface area contributed by atoms with Crippen molar-refractivity contribution in [1.29, 1.82) is 0 Å². The van der Waals surface area contributed by atoms with Gasteiger partial charge in [0.05, 0.1) is 11.0 Å². The lowest BCUT2D eigenvalue weighted by atomic mass is 9.83. The molecule has 0 radical (unpaired) electrons. The van der Waals surface area contributed by atoms with Gasteiger partial charge in [-0.15, -0.1) is 0 Å². The maximum atomic E-state index is 4.66. The van der Waals surface area contributed by atoms with Gasteiger partial charge < -0.3 is 4.57 Å². The summed E-state index contributed by atoms with van der Waals surface area (Å²) in [5.74, 6) is 0.521. The smallest absolute Gasteiger partial charge is 0.0541 e. The Hall–Kier alpha value is -5.14. The van der Waals surface area contributed by atoms with E-state index in [-0.39, 0.29) is 0 Å². The van der Waals surface area contributed by atoms with Gasteiger partial charge in [0.15, 0.2) is 0 Å². The van der Waals surface area contributed by atoms with Crippen molar-refractivity contribution < 1.29 is 0 Å². The Balaban J connectivity index is 1.31.